The monoisotopic (exact) mass is 388 g/mol. The number of benzene rings is 1. The Bertz CT molecular complexity index is 716. The van der Waals surface area contributed by atoms with E-state index in [1.807, 2.05) is 0 Å². The maximum Gasteiger partial charge on any atom is 0.240 e. The molecular weight excluding hydrogens is 372 g/mol. The third-order valence-electron chi connectivity index (χ3n) is 3.50. The van der Waals surface area contributed by atoms with Gasteiger partial charge in [0.2, 0.25) is 5.91 Å². The molecule has 0 spiro atoms. The van der Waals surface area contributed by atoms with Crippen LogP contribution >= 0.6 is 15.9 Å². The quantitative estimate of drug-likeness (QED) is 0.607. The van der Waals surface area contributed by atoms with Gasteiger partial charge in [-0.1, -0.05) is 15.9 Å². The van der Waals surface area contributed by atoms with E-state index in [1.165, 1.54) is 6.07 Å². The lowest BCUT2D eigenvalue weighted by atomic mass is 10.1. The fourth-order valence-electron chi connectivity index (χ4n) is 2.35. The predicted molar refractivity (Wildman–Crippen MR) is 87.5 cm³/mol. The summed E-state index contributed by atoms with van der Waals surface area (Å²) in [4.78, 5) is 11.8. The SMILES string of the molecule is C/C(=N\NC(=O)C[C@@H]1CCS(=O)(=O)C1)c1cc(Br)ccc1O. The Hall–Kier alpha value is -1.41. The number of hydrazone groups is 1. The molecule has 120 valence electrons. The highest BCUT2D eigenvalue weighted by molar-refractivity contribution is 9.10. The molecule has 0 bridgehead atoms. The van der Waals surface area contributed by atoms with Gasteiger partial charge in [0.1, 0.15) is 5.75 Å². The van der Waals surface area contributed by atoms with Crippen molar-refractivity contribution in [3.05, 3.63) is 28.2 Å². The van der Waals surface area contributed by atoms with Crippen LogP contribution in [-0.2, 0) is 14.6 Å². The number of carbonyl (C=O) groups is 1. The average Bonchev–Trinajstić information content (AvgIpc) is 2.78. The number of aromatic hydroxyl groups is 1. The third kappa shape index (κ3) is 4.54. The van der Waals surface area contributed by atoms with E-state index in [-0.39, 0.29) is 35.5 Å². The lowest BCUT2D eigenvalue weighted by molar-refractivity contribution is -0.121. The van der Waals surface area contributed by atoms with Crippen LogP contribution in [0.4, 0.5) is 0 Å². The molecule has 1 amide bonds. The molecule has 0 saturated carbocycles. The normalized spacial score (nSPS) is 20.8. The molecule has 1 atom stereocenters. The fourth-order valence-corrected chi connectivity index (χ4v) is 4.57. The van der Waals surface area contributed by atoms with Crippen LogP contribution in [0.2, 0.25) is 0 Å². The molecule has 0 radical (unpaired) electrons. The number of halogens is 1. The largest absolute Gasteiger partial charge is 0.507 e. The first-order valence-corrected chi connectivity index (χ1v) is 9.41. The van der Waals surface area contributed by atoms with E-state index in [2.05, 4.69) is 26.5 Å². The molecule has 0 aliphatic carbocycles. The zero-order valence-corrected chi connectivity index (χ0v) is 14.4. The number of phenolic OH excluding ortho intramolecular Hbond substituents is 1. The minimum atomic E-state index is -2.98. The van der Waals surface area contributed by atoms with Crippen LogP contribution in [0.3, 0.4) is 0 Å². The minimum absolute atomic E-state index is 0.0650. The Morgan fingerprint density at radius 3 is 2.86 bits per heavy atom. The topological polar surface area (TPSA) is 95.8 Å². The van der Waals surface area contributed by atoms with Gasteiger partial charge in [-0.15, -0.1) is 0 Å². The zero-order valence-electron chi connectivity index (χ0n) is 12.0. The summed E-state index contributed by atoms with van der Waals surface area (Å²) in [5.74, 6) is -0.175. The molecule has 6 nitrogen and oxygen atoms in total. The Kier molecular flexibility index (Phi) is 5.23. The van der Waals surface area contributed by atoms with Gasteiger partial charge in [-0.05, 0) is 37.5 Å². The van der Waals surface area contributed by atoms with Crippen molar-refractivity contribution >= 4 is 37.4 Å². The molecule has 1 fully saturated rings. The molecular formula is C14H17BrN2O4S. The van der Waals surface area contributed by atoms with Crippen LogP contribution in [-0.4, -0.2) is 36.6 Å². The van der Waals surface area contributed by atoms with Crippen molar-refractivity contribution in [3.8, 4) is 5.75 Å². The van der Waals surface area contributed by atoms with Gasteiger partial charge in [-0.2, -0.15) is 5.10 Å². The summed E-state index contributed by atoms with van der Waals surface area (Å²) in [7, 11) is -2.98. The fraction of sp³-hybridized carbons (Fsp3) is 0.429. The maximum atomic E-state index is 11.8. The van der Waals surface area contributed by atoms with E-state index in [9.17, 15) is 18.3 Å². The lowest BCUT2D eigenvalue weighted by Crippen LogP contribution is -2.22. The van der Waals surface area contributed by atoms with Gasteiger partial charge >= 0.3 is 0 Å². The van der Waals surface area contributed by atoms with Gasteiger partial charge in [-0.3, -0.25) is 4.79 Å². The van der Waals surface area contributed by atoms with E-state index >= 15 is 0 Å². The van der Waals surface area contributed by atoms with E-state index in [0.717, 1.165) is 4.47 Å². The highest BCUT2D eigenvalue weighted by atomic mass is 79.9. The lowest BCUT2D eigenvalue weighted by Gasteiger charge is -2.08. The molecule has 8 heteroatoms. The number of phenols is 1. The number of carbonyl (C=O) groups excluding carboxylic acids is 1. The molecule has 1 aliphatic heterocycles. The second-order valence-corrected chi connectivity index (χ2v) is 8.51. The number of sulfone groups is 1. The molecule has 1 heterocycles. The van der Waals surface area contributed by atoms with Gasteiger partial charge in [-0.25, -0.2) is 13.8 Å². The molecule has 1 aromatic rings. The highest BCUT2D eigenvalue weighted by Crippen LogP contribution is 2.23. The number of hydrogen-bond acceptors (Lipinski definition) is 5. The van der Waals surface area contributed by atoms with Crippen LogP contribution in [0.1, 0.15) is 25.3 Å². The Morgan fingerprint density at radius 1 is 1.50 bits per heavy atom. The molecule has 1 aliphatic rings. The van der Waals surface area contributed by atoms with E-state index in [4.69, 9.17) is 0 Å². The standard InChI is InChI=1S/C14H17BrN2O4S/c1-9(12-7-11(15)2-3-13(12)18)16-17-14(19)6-10-4-5-22(20,21)8-10/h2-3,7,10,18H,4-6,8H2,1H3,(H,17,19)/b16-9+/t10-/m0/s1. The molecule has 2 N–H and O–H groups in total. The minimum Gasteiger partial charge on any atom is -0.507 e. The van der Waals surface area contributed by atoms with Crippen LogP contribution in [0.25, 0.3) is 0 Å². The second-order valence-electron chi connectivity index (χ2n) is 5.37. The molecule has 1 aromatic carbocycles. The van der Waals surface area contributed by atoms with Crippen molar-refractivity contribution in [2.24, 2.45) is 11.0 Å². The smallest absolute Gasteiger partial charge is 0.240 e. The van der Waals surface area contributed by atoms with Gasteiger partial charge in [0, 0.05) is 16.5 Å². The van der Waals surface area contributed by atoms with Crippen molar-refractivity contribution in [1.82, 2.24) is 5.43 Å². The van der Waals surface area contributed by atoms with Crippen molar-refractivity contribution in [2.45, 2.75) is 19.8 Å². The summed E-state index contributed by atoms with van der Waals surface area (Å²) in [6.07, 6.45) is 0.658. The van der Waals surface area contributed by atoms with Crippen molar-refractivity contribution in [1.29, 1.82) is 0 Å². The summed E-state index contributed by atoms with van der Waals surface area (Å²) in [5, 5.41) is 13.7. The predicted octanol–water partition coefficient (Wildman–Crippen LogP) is 1.82. The second kappa shape index (κ2) is 6.78. The van der Waals surface area contributed by atoms with E-state index in [1.54, 1.807) is 19.1 Å². The Morgan fingerprint density at radius 2 is 2.23 bits per heavy atom. The van der Waals surface area contributed by atoms with Gasteiger partial charge in [0.05, 0.1) is 17.2 Å². The maximum absolute atomic E-state index is 11.8. The molecule has 2 rings (SSSR count). The number of hydrogen-bond donors (Lipinski definition) is 2. The van der Waals surface area contributed by atoms with Gasteiger partial charge < -0.3 is 5.11 Å². The summed E-state index contributed by atoms with van der Waals surface area (Å²) in [6.45, 7) is 1.67. The Balaban J connectivity index is 1.96. The van der Waals surface area contributed by atoms with Crippen molar-refractivity contribution < 1.29 is 18.3 Å². The average molecular weight is 389 g/mol. The van der Waals surface area contributed by atoms with Crippen LogP contribution in [0.15, 0.2) is 27.8 Å². The summed E-state index contributed by atoms with van der Waals surface area (Å²) in [5.41, 5.74) is 3.39. The molecule has 1 saturated heterocycles. The highest BCUT2D eigenvalue weighted by Gasteiger charge is 2.29. The first kappa shape index (κ1) is 17.0. The first-order chi connectivity index (χ1) is 10.3. The zero-order chi connectivity index (χ0) is 16.3. The van der Waals surface area contributed by atoms with Gasteiger partial charge in [0.15, 0.2) is 9.84 Å². The van der Waals surface area contributed by atoms with Gasteiger partial charge in [0.25, 0.3) is 0 Å². The van der Waals surface area contributed by atoms with E-state index in [0.29, 0.717) is 17.7 Å². The first-order valence-electron chi connectivity index (χ1n) is 6.79. The van der Waals surface area contributed by atoms with Crippen LogP contribution < -0.4 is 5.43 Å². The third-order valence-corrected chi connectivity index (χ3v) is 5.83. The Labute approximate surface area is 137 Å². The molecule has 22 heavy (non-hydrogen) atoms. The summed E-state index contributed by atoms with van der Waals surface area (Å²) in [6, 6.07) is 4.93. The van der Waals surface area contributed by atoms with Crippen LogP contribution in [0.5, 0.6) is 5.75 Å². The number of nitrogens with one attached hydrogen (secondary N) is 1. The number of amides is 1. The number of rotatable bonds is 4. The summed E-state index contributed by atoms with van der Waals surface area (Å²) >= 11 is 3.30. The van der Waals surface area contributed by atoms with Crippen LogP contribution in [0, 0.1) is 5.92 Å². The van der Waals surface area contributed by atoms with Crippen molar-refractivity contribution in [2.75, 3.05) is 11.5 Å². The number of nitrogens with zero attached hydrogens (tertiary/aromatic N) is 1. The van der Waals surface area contributed by atoms with E-state index < -0.39 is 9.84 Å². The van der Waals surface area contributed by atoms with Crippen molar-refractivity contribution in [3.63, 3.8) is 0 Å². The molecule has 0 unspecified atom stereocenters. The summed E-state index contributed by atoms with van der Waals surface area (Å²) < 4.78 is 23.5. The molecule has 0 aromatic heterocycles.